The zero-order valence-electron chi connectivity index (χ0n) is 11.3. The molecule has 0 saturated heterocycles. The van der Waals surface area contributed by atoms with Gasteiger partial charge in [0.15, 0.2) is 0 Å². The molecule has 1 aliphatic carbocycles. The number of nitrogens with one attached hydrogen (secondary N) is 1. The van der Waals surface area contributed by atoms with Gasteiger partial charge in [-0.25, -0.2) is 0 Å². The Hall–Kier alpha value is -1.55. The molecule has 0 aliphatic heterocycles. The van der Waals surface area contributed by atoms with E-state index in [2.05, 4.69) is 5.32 Å². The van der Waals surface area contributed by atoms with Gasteiger partial charge in [-0.05, 0) is 31.9 Å². The number of carbonyl (C=O) groups excluding carboxylic acids is 1. The molecule has 1 fully saturated rings. The Labute approximate surface area is 113 Å². The highest BCUT2D eigenvalue weighted by molar-refractivity contribution is 5.97. The van der Waals surface area contributed by atoms with Crippen molar-refractivity contribution >= 4 is 5.91 Å². The first-order valence-corrected chi connectivity index (χ1v) is 6.86. The van der Waals surface area contributed by atoms with Crippen molar-refractivity contribution in [3.05, 3.63) is 29.8 Å². The number of hydrogen-bond acceptors (Lipinski definition) is 3. The molecule has 1 amide bonds. The number of ether oxygens (including phenoxy) is 1. The molecule has 0 atom stereocenters. The van der Waals surface area contributed by atoms with Crippen LogP contribution in [-0.2, 0) is 0 Å². The van der Waals surface area contributed by atoms with Crippen LogP contribution in [0.25, 0.3) is 0 Å². The predicted molar refractivity (Wildman–Crippen MR) is 73.4 cm³/mol. The Balaban J connectivity index is 2.15. The number of amides is 1. The summed E-state index contributed by atoms with van der Waals surface area (Å²) in [4.78, 5) is 12.4. The molecule has 0 bridgehead atoms. The fourth-order valence-corrected chi connectivity index (χ4v) is 2.62. The van der Waals surface area contributed by atoms with E-state index >= 15 is 0 Å². The number of hydrogen-bond donors (Lipinski definition) is 2. The minimum Gasteiger partial charge on any atom is -0.493 e. The quantitative estimate of drug-likeness (QED) is 0.855. The summed E-state index contributed by atoms with van der Waals surface area (Å²) in [5.74, 6) is 0.425. The molecule has 1 aromatic rings. The van der Waals surface area contributed by atoms with E-state index in [1.807, 2.05) is 19.1 Å². The van der Waals surface area contributed by atoms with Gasteiger partial charge in [0, 0.05) is 0 Å². The van der Waals surface area contributed by atoms with E-state index in [1.165, 1.54) is 0 Å². The van der Waals surface area contributed by atoms with E-state index in [4.69, 9.17) is 4.74 Å². The fraction of sp³-hybridized carbons (Fsp3) is 0.533. The average molecular weight is 263 g/mol. The summed E-state index contributed by atoms with van der Waals surface area (Å²) in [5, 5.41) is 12.5. The lowest BCUT2D eigenvalue weighted by Crippen LogP contribution is -2.49. The van der Waals surface area contributed by atoms with E-state index in [0.717, 1.165) is 25.7 Å². The third-order valence-electron chi connectivity index (χ3n) is 3.67. The summed E-state index contributed by atoms with van der Waals surface area (Å²) in [6.07, 6.45) is 3.78. The summed E-state index contributed by atoms with van der Waals surface area (Å²) in [6.45, 7) is 2.41. The maximum Gasteiger partial charge on any atom is 0.255 e. The smallest absolute Gasteiger partial charge is 0.255 e. The molecule has 0 radical (unpaired) electrons. The van der Waals surface area contributed by atoms with Crippen LogP contribution in [0.4, 0.5) is 0 Å². The van der Waals surface area contributed by atoms with Gasteiger partial charge in [-0.2, -0.15) is 0 Å². The lowest BCUT2D eigenvalue weighted by molar-refractivity contribution is 0.0835. The summed E-state index contributed by atoms with van der Waals surface area (Å²) in [6, 6.07) is 7.20. The first-order valence-electron chi connectivity index (χ1n) is 6.86. The molecule has 19 heavy (non-hydrogen) atoms. The molecule has 0 spiro atoms. The van der Waals surface area contributed by atoms with Crippen molar-refractivity contribution < 1.29 is 14.6 Å². The van der Waals surface area contributed by atoms with Gasteiger partial charge in [0.2, 0.25) is 0 Å². The molecule has 2 N–H and O–H groups in total. The van der Waals surface area contributed by atoms with Crippen molar-refractivity contribution in [3.8, 4) is 5.75 Å². The fourth-order valence-electron chi connectivity index (χ4n) is 2.62. The van der Waals surface area contributed by atoms with Crippen LogP contribution >= 0.6 is 0 Å². The highest BCUT2D eigenvalue weighted by Gasteiger charge is 2.35. The zero-order chi connectivity index (χ0) is 13.7. The number of aliphatic hydroxyl groups excluding tert-OH is 1. The van der Waals surface area contributed by atoms with E-state index in [9.17, 15) is 9.90 Å². The van der Waals surface area contributed by atoms with Crippen LogP contribution in [0.15, 0.2) is 24.3 Å². The molecule has 0 unspecified atom stereocenters. The van der Waals surface area contributed by atoms with E-state index in [0.29, 0.717) is 17.9 Å². The molecule has 1 aromatic carbocycles. The molecule has 0 heterocycles. The van der Waals surface area contributed by atoms with Gasteiger partial charge in [-0.1, -0.05) is 25.0 Å². The standard InChI is InChI=1S/C15H21NO3/c1-2-19-13-8-4-3-7-12(13)14(18)16-15(11-17)9-5-6-10-15/h3-4,7-8,17H,2,5-6,9-11H2,1H3,(H,16,18). The summed E-state index contributed by atoms with van der Waals surface area (Å²) in [5.41, 5.74) is 0.0835. The summed E-state index contributed by atoms with van der Waals surface area (Å²) >= 11 is 0. The molecule has 4 heteroatoms. The van der Waals surface area contributed by atoms with Gasteiger partial charge in [0.05, 0.1) is 24.3 Å². The Bertz CT molecular complexity index is 439. The zero-order valence-corrected chi connectivity index (χ0v) is 11.3. The summed E-state index contributed by atoms with van der Waals surface area (Å²) < 4.78 is 5.47. The second-order valence-electron chi connectivity index (χ2n) is 5.03. The molecule has 104 valence electrons. The third-order valence-corrected chi connectivity index (χ3v) is 3.67. The lowest BCUT2D eigenvalue weighted by atomic mass is 9.98. The highest BCUT2D eigenvalue weighted by atomic mass is 16.5. The maximum absolute atomic E-state index is 12.4. The highest BCUT2D eigenvalue weighted by Crippen LogP contribution is 2.30. The van der Waals surface area contributed by atoms with E-state index < -0.39 is 5.54 Å². The average Bonchev–Trinajstić information content (AvgIpc) is 2.89. The van der Waals surface area contributed by atoms with Crippen LogP contribution in [0, 0.1) is 0 Å². The van der Waals surface area contributed by atoms with Crippen molar-refractivity contribution in [1.82, 2.24) is 5.32 Å². The monoisotopic (exact) mass is 263 g/mol. The Morgan fingerprint density at radius 1 is 1.37 bits per heavy atom. The van der Waals surface area contributed by atoms with E-state index in [-0.39, 0.29) is 12.5 Å². The number of para-hydroxylation sites is 1. The second kappa shape index (κ2) is 6.06. The van der Waals surface area contributed by atoms with Gasteiger partial charge in [0.1, 0.15) is 5.75 Å². The minimum absolute atomic E-state index is 0.00442. The Morgan fingerprint density at radius 2 is 2.05 bits per heavy atom. The molecule has 4 nitrogen and oxygen atoms in total. The number of aliphatic hydroxyl groups is 1. The lowest BCUT2D eigenvalue weighted by Gasteiger charge is -2.28. The van der Waals surface area contributed by atoms with Gasteiger partial charge >= 0.3 is 0 Å². The molecular weight excluding hydrogens is 242 g/mol. The van der Waals surface area contributed by atoms with Crippen molar-refractivity contribution in [2.45, 2.75) is 38.1 Å². The van der Waals surface area contributed by atoms with Crippen molar-refractivity contribution in [2.75, 3.05) is 13.2 Å². The molecule has 2 rings (SSSR count). The SMILES string of the molecule is CCOc1ccccc1C(=O)NC1(CO)CCCC1. The van der Waals surface area contributed by atoms with Gasteiger partial charge in [0.25, 0.3) is 5.91 Å². The van der Waals surface area contributed by atoms with Gasteiger partial charge < -0.3 is 15.2 Å². The molecular formula is C15H21NO3. The van der Waals surface area contributed by atoms with Crippen LogP contribution < -0.4 is 10.1 Å². The second-order valence-corrected chi connectivity index (χ2v) is 5.03. The van der Waals surface area contributed by atoms with Crippen LogP contribution in [0.2, 0.25) is 0 Å². The Kier molecular flexibility index (Phi) is 4.43. The van der Waals surface area contributed by atoms with Crippen molar-refractivity contribution in [1.29, 1.82) is 0 Å². The van der Waals surface area contributed by atoms with E-state index in [1.54, 1.807) is 12.1 Å². The van der Waals surface area contributed by atoms with Crippen molar-refractivity contribution in [2.24, 2.45) is 0 Å². The first kappa shape index (κ1) is 13.9. The molecule has 0 aromatic heterocycles. The van der Waals surface area contributed by atoms with Gasteiger partial charge in [-0.15, -0.1) is 0 Å². The molecule has 1 aliphatic rings. The molecule has 1 saturated carbocycles. The topological polar surface area (TPSA) is 58.6 Å². The Morgan fingerprint density at radius 3 is 2.68 bits per heavy atom. The maximum atomic E-state index is 12.4. The number of rotatable bonds is 5. The summed E-state index contributed by atoms with van der Waals surface area (Å²) in [7, 11) is 0. The van der Waals surface area contributed by atoms with Crippen LogP contribution in [0.5, 0.6) is 5.75 Å². The number of benzene rings is 1. The van der Waals surface area contributed by atoms with Crippen molar-refractivity contribution in [3.63, 3.8) is 0 Å². The minimum atomic E-state index is -0.448. The van der Waals surface area contributed by atoms with Crippen LogP contribution in [0.1, 0.15) is 43.0 Å². The first-order chi connectivity index (χ1) is 9.21. The van der Waals surface area contributed by atoms with Gasteiger partial charge in [-0.3, -0.25) is 4.79 Å². The third kappa shape index (κ3) is 3.07. The number of carbonyl (C=O) groups is 1. The van der Waals surface area contributed by atoms with Crippen LogP contribution in [-0.4, -0.2) is 29.8 Å². The normalized spacial score (nSPS) is 17.2. The van der Waals surface area contributed by atoms with Crippen LogP contribution in [0.3, 0.4) is 0 Å². The predicted octanol–water partition coefficient (Wildman–Crippen LogP) is 2.12. The largest absolute Gasteiger partial charge is 0.493 e.